The number of aliphatic carboxylic acids is 1. The van der Waals surface area contributed by atoms with Crippen LogP contribution in [-0.2, 0) is 14.3 Å². The van der Waals surface area contributed by atoms with Gasteiger partial charge in [-0.25, -0.2) is 0 Å². The highest BCUT2D eigenvalue weighted by molar-refractivity contribution is 5.75. The Balaban J connectivity index is 3.83. The van der Waals surface area contributed by atoms with Crippen LogP contribution in [-0.4, -0.2) is 29.7 Å². The molecule has 3 atom stereocenters. The summed E-state index contributed by atoms with van der Waals surface area (Å²) in [7, 11) is 0. The van der Waals surface area contributed by atoms with Crippen LogP contribution < -0.4 is 5.73 Å². The molecule has 0 aromatic heterocycles. The predicted octanol–water partition coefficient (Wildman–Crippen LogP) is 2.43. The molecule has 5 heteroatoms. The summed E-state index contributed by atoms with van der Waals surface area (Å²) in [4.78, 5) is 22.2. The zero-order chi connectivity index (χ0) is 15.7. The number of ether oxygens (including phenoxy) is 1. The van der Waals surface area contributed by atoms with Crippen molar-refractivity contribution in [1.82, 2.24) is 0 Å². The van der Waals surface area contributed by atoms with Gasteiger partial charge in [-0.15, -0.1) is 0 Å². The quantitative estimate of drug-likeness (QED) is 0.602. The minimum Gasteiger partial charge on any atom is -0.480 e. The van der Waals surface area contributed by atoms with Gasteiger partial charge in [-0.05, 0) is 24.7 Å². The van der Waals surface area contributed by atoms with E-state index in [1.54, 1.807) is 0 Å². The molecule has 3 unspecified atom stereocenters. The third-order valence-corrected chi connectivity index (χ3v) is 3.33. The molecule has 0 aliphatic carbocycles. The first-order chi connectivity index (χ1) is 9.23. The molecule has 5 nitrogen and oxygen atoms in total. The van der Waals surface area contributed by atoms with Crippen LogP contribution >= 0.6 is 0 Å². The summed E-state index contributed by atoms with van der Waals surface area (Å²) >= 11 is 0. The van der Waals surface area contributed by atoms with Gasteiger partial charge < -0.3 is 15.6 Å². The van der Waals surface area contributed by atoms with Crippen molar-refractivity contribution in [2.75, 3.05) is 6.61 Å². The average Bonchev–Trinajstić information content (AvgIpc) is 2.33. The number of esters is 1. The first kappa shape index (κ1) is 18.9. The van der Waals surface area contributed by atoms with E-state index in [-0.39, 0.29) is 18.5 Å². The number of nitrogens with two attached hydrogens (primary N) is 1. The molecule has 3 N–H and O–H groups in total. The van der Waals surface area contributed by atoms with Crippen molar-refractivity contribution in [2.24, 2.45) is 23.5 Å². The second-order valence-corrected chi connectivity index (χ2v) is 6.14. The lowest BCUT2D eigenvalue weighted by atomic mass is 9.92. The summed E-state index contributed by atoms with van der Waals surface area (Å²) < 4.78 is 4.90. The summed E-state index contributed by atoms with van der Waals surface area (Å²) in [5.74, 6) is -0.364. The van der Waals surface area contributed by atoms with Crippen LogP contribution in [0.2, 0.25) is 0 Å². The van der Waals surface area contributed by atoms with Crippen molar-refractivity contribution in [3.63, 3.8) is 0 Å². The summed E-state index contributed by atoms with van der Waals surface area (Å²) in [6.07, 6.45) is 4.05. The Kier molecular flexibility index (Phi) is 9.21. The minimum atomic E-state index is -1.16. The number of hydrogen-bond acceptors (Lipinski definition) is 4. The van der Waals surface area contributed by atoms with E-state index in [2.05, 4.69) is 20.8 Å². The summed E-state index contributed by atoms with van der Waals surface area (Å²) in [6, 6.07) is -1.14. The van der Waals surface area contributed by atoms with Crippen LogP contribution in [0, 0.1) is 17.8 Å². The van der Waals surface area contributed by atoms with Crippen molar-refractivity contribution >= 4 is 11.9 Å². The van der Waals surface area contributed by atoms with Crippen molar-refractivity contribution in [2.45, 2.75) is 59.4 Å². The van der Waals surface area contributed by atoms with Crippen LogP contribution in [0.15, 0.2) is 0 Å². The monoisotopic (exact) mass is 287 g/mol. The molecule has 0 saturated carbocycles. The van der Waals surface area contributed by atoms with Crippen molar-refractivity contribution in [1.29, 1.82) is 0 Å². The minimum absolute atomic E-state index is 0.206. The molecule has 0 radical (unpaired) electrons. The standard InChI is InChI=1S/C15H29NO4/c1-10(2)8-11(3)6-5-7-12(4)15(19)20-9-13(16)14(17)18/h10-13H,5-9,16H2,1-4H3,(H,17,18). The molecule has 0 heterocycles. The largest absolute Gasteiger partial charge is 0.480 e. The van der Waals surface area contributed by atoms with Gasteiger partial charge in [-0.3, -0.25) is 9.59 Å². The van der Waals surface area contributed by atoms with Gasteiger partial charge >= 0.3 is 11.9 Å². The molecular formula is C15H29NO4. The molecule has 118 valence electrons. The van der Waals surface area contributed by atoms with Crippen molar-refractivity contribution in [3.05, 3.63) is 0 Å². The van der Waals surface area contributed by atoms with Gasteiger partial charge in [-0.2, -0.15) is 0 Å². The average molecular weight is 287 g/mol. The molecule has 20 heavy (non-hydrogen) atoms. The molecule has 0 fully saturated rings. The normalized spacial score (nSPS) is 15.7. The molecule has 0 saturated heterocycles. The Morgan fingerprint density at radius 2 is 1.75 bits per heavy atom. The fourth-order valence-corrected chi connectivity index (χ4v) is 2.20. The van der Waals surface area contributed by atoms with Gasteiger partial charge in [0, 0.05) is 0 Å². The van der Waals surface area contributed by atoms with Gasteiger partial charge in [0.2, 0.25) is 0 Å². The lowest BCUT2D eigenvalue weighted by molar-refractivity contribution is -0.151. The first-order valence-electron chi connectivity index (χ1n) is 7.39. The lowest BCUT2D eigenvalue weighted by Gasteiger charge is -2.16. The van der Waals surface area contributed by atoms with Gasteiger partial charge in [0.1, 0.15) is 12.6 Å². The second-order valence-electron chi connectivity index (χ2n) is 6.14. The fraction of sp³-hybridized carbons (Fsp3) is 0.867. The SMILES string of the molecule is CC(C)CC(C)CCCC(C)C(=O)OCC(N)C(=O)O. The number of carboxylic acid groups (broad SMARTS) is 1. The third-order valence-electron chi connectivity index (χ3n) is 3.33. The maximum Gasteiger partial charge on any atom is 0.324 e. The highest BCUT2D eigenvalue weighted by Gasteiger charge is 2.18. The fourth-order valence-electron chi connectivity index (χ4n) is 2.20. The van der Waals surface area contributed by atoms with Crippen molar-refractivity contribution < 1.29 is 19.4 Å². The molecule has 0 aliphatic heterocycles. The van der Waals surface area contributed by atoms with Gasteiger partial charge in [-0.1, -0.05) is 40.5 Å². The van der Waals surface area contributed by atoms with Crippen LogP contribution in [0.1, 0.15) is 53.4 Å². The van der Waals surface area contributed by atoms with Crippen LogP contribution in [0.5, 0.6) is 0 Å². The molecule has 0 bridgehead atoms. The number of rotatable bonds is 10. The first-order valence-corrected chi connectivity index (χ1v) is 7.39. The Bertz CT molecular complexity index is 304. The zero-order valence-corrected chi connectivity index (χ0v) is 13.1. The van der Waals surface area contributed by atoms with E-state index in [4.69, 9.17) is 15.6 Å². The number of carbonyl (C=O) groups is 2. The summed E-state index contributed by atoms with van der Waals surface area (Å²) in [5, 5.41) is 8.59. The van der Waals surface area contributed by atoms with Crippen molar-refractivity contribution in [3.8, 4) is 0 Å². The van der Waals surface area contributed by atoms with E-state index in [1.807, 2.05) is 6.92 Å². The number of carboxylic acids is 1. The summed E-state index contributed by atoms with van der Waals surface area (Å²) in [6.45, 7) is 8.20. The van der Waals surface area contributed by atoms with E-state index < -0.39 is 12.0 Å². The van der Waals surface area contributed by atoms with Crippen LogP contribution in [0.25, 0.3) is 0 Å². The Labute approximate surface area is 121 Å². The topological polar surface area (TPSA) is 89.6 Å². The maximum atomic E-state index is 11.7. The van der Waals surface area contributed by atoms with Gasteiger partial charge in [0.25, 0.3) is 0 Å². The van der Waals surface area contributed by atoms with E-state index in [9.17, 15) is 9.59 Å². The second kappa shape index (κ2) is 9.75. The predicted molar refractivity (Wildman–Crippen MR) is 78.2 cm³/mol. The van der Waals surface area contributed by atoms with E-state index in [0.29, 0.717) is 11.8 Å². The smallest absolute Gasteiger partial charge is 0.324 e. The highest BCUT2D eigenvalue weighted by Crippen LogP contribution is 2.19. The number of carbonyl (C=O) groups excluding carboxylic acids is 1. The van der Waals surface area contributed by atoms with Gasteiger partial charge in [0.05, 0.1) is 5.92 Å². The molecule has 0 spiro atoms. The molecule has 0 aliphatic rings. The van der Waals surface area contributed by atoms with Crippen LogP contribution in [0.4, 0.5) is 0 Å². The molecule has 0 aromatic rings. The van der Waals surface area contributed by atoms with Gasteiger partial charge in [0.15, 0.2) is 0 Å². The maximum absolute atomic E-state index is 11.7. The molecular weight excluding hydrogens is 258 g/mol. The van der Waals surface area contributed by atoms with E-state index in [0.717, 1.165) is 19.3 Å². The Hall–Kier alpha value is -1.10. The number of hydrogen-bond donors (Lipinski definition) is 2. The molecule has 0 rings (SSSR count). The zero-order valence-electron chi connectivity index (χ0n) is 13.1. The third kappa shape index (κ3) is 8.91. The highest BCUT2D eigenvalue weighted by atomic mass is 16.5. The van der Waals surface area contributed by atoms with Crippen LogP contribution in [0.3, 0.4) is 0 Å². The van der Waals surface area contributed by atoms with E-state index in [1.165, 1.54) is 6.42 Å². The Morgan fingerprint density at radius 1 is 1.15 bits per heavy atom. The Morgan fingerprint density at radius 3 is 2.25 bits per heavy atom. The molecule has 0 aromatic carbocycles. The summed E-state index contributed by atoms with van der Waals surface area (Å²) in [5.41, 5.74) is 5.27. The molecule has 0 amide bonds. The lowest BCUT2D eigenvalue weighted by Crippen LogP contribution is -2.36. The van der Waals surface area contributed by atoms with E-state index >= 15 is 0 Å².